The van der Waals surface area contributed by atoms with Crippen molar-refractivity contribution in [1.82, 2.24) is 14.9 Å². The van der Waals surface area contributed by atoms with E-state index in [4.69, 9.17) is 4.98 Å². The molecule has 1 N–H and O–H groups in total. The first kappa shape index (κ1) is 22.3. The largest absolute Gasteiger partial charge is 0.352 e. The summed E-state index contributed by atoms with van der Waals surface area (Å²) in [6.45, 7) is 4.41. The van der Waals surface area contributed by atoms with Gasteiger partial charge in [-0.05, 0) is 48.9 Å². The lowest BCUT2D eigenvalue weighted by Crippen LogP contribution is -2.43. The van der Waals surface area contributed by atoms with Crippen molar-refractivity contribution >= 4 is 34.1 Å². The van der Waals surface area contributed by atoms with Crippen LogP contribution in [0.1, 0.15) is 28.8 Å². The van der Waals surface area contributed by atoms with Crippen LogP contribution >= 0.6 is 11.3 Å². The van der Waals surface area contributed by atoms with E-state index in [1.807, 2.05) is 51.2 Å². The molecule has 2 aromatic carbocycles. The second kappa shape index (κ2) is 9.81. The van der Waals surface area contributed by atoms with Crippen LogP contribution in [0.15, 0.2) is 70.8 Å². The van der Waals surface area contributed by atoms with Crippen molar-refractivity contribution in [1.29, 1.82) is 0 Å². The van der Waals surface area contributed by atoms with Gasteiger partial charge in [-0.25, -0.2) is 4.98 Å². The number of carbonyl (C=O) groups excluding carboxylic acids is 1. The third-order valence-electron chi connectivity index (χ3n) is 6.48. The van der Waals surface area contributed by atoms with Crippen molar-refractivity contribution in [2.75, 3.05) is 18.0 Å². The lowest BCUT2D eigenvalue weighted by atomic mass is 9.96. The van der Waals surface area contributed by atoms with Crippen LogP contribution in [0.25, 0.3) is 11.0 Å². The number of nitrogens with one attached hydrogen (secondary N) is 1. The maximum atomic E-state index is 13.6. The lowest BCUT2D eigenvalue weighted by molar-refractivity contribution is -0.125. The maximum Gasteiger partial charge on any atom is 0.294 e. The van der Waals surface area contributed by atoms with Gasteiger partial charge in [-0.1, -0.05) is 48.0 Å². The van der Waals surface area contributed by atoms with Gasteiger partial charge in [-0.2, -0.15) is 0 Å². The highest BCUT2D eigenvalue weighted by Gasteiger charge is 2.27. The molecule has 1 saturated heterocycles. The summed E-state index contributed by atoms with van der Waals surface area (Å²) >= 11 is 1.65. The summed E-state index contributed by atoms with van der Waals surface area (Å²) in [6.07, 6.45) is 1.42. The van der Waals surface area contributed by atoms with E-state index in [0.29, 0.717) is 44.8 Å². The fraction of sp³-hybridized carbons (Fsp3) is 0.296. The molecule has 0 bridgehead atoms. The Labute approximate surface area is 202 Å². The Kier molecular flexibility index (Phi) is 6.45. The third-order valence-corrected chi connectivity index (χ3v) is 7.36. The van der Waals surface area contributed by atoms with Crippen molar-refractivity contribution in [3.63, 3.8) is 0 Å². The Hall–Kier alpha value is -3.45. The number of benzene rings is 2. The Morgan fingerprint density at radius 1 is 1.06 bits per heavy atom. The fourth-order valence-electron chi connectivity index (χ4n) is 4.50. The molecule has 0 aliphatic carbocycles. The average Bonchev–Trinajstić information content (AvgIpc) is 3.39. The highest BCUT2D eigenvalue weighted by molar-refractivity contribution is 7.09. The SMILES string of the molecule is Cc1ccc(Cn2c(=O)c(N3CCC(C(=O)NCc4cccs4)CC3)nc3ccccc32)cc1. The third kappa shape index (κ3) is 4.75. The van der Waals surface area contributed by atoms with Crippen molar-refractivity contribution < 1.29 is 4.79 Å². The number of aromatic nitrogens is 2. The van der Waals surface area contributed by atoms with Crippen molar-refractivity contribution in [3.05, 3.63) is 92.4 Å². The molecule has 174 valence electrons. The van der Waals surface area contributed by atoms with Crippen molar-refractivity contribution in [3.8, 4) is 0 Å². The Balaban J connectivity index is 1.34. The minimum Gasteiger partial charge on any atom is -0.352 e. The number of nitrogens with zero attached hydrogens (tertiary/aromatic N) is 3. The summed E-state index contributed by atoms with van der Waals surface area (Å²) in [5, 5.41) is 5.07. The van der Waals surface area contributed by atoms with Crippen LogP contribution in [0.3, 0.4) is 0 Å². The van der Waals surface area contributed by atoms with Gasteiger partial charge in [0, 0.05) is 23.9 Å². The molecule has 5 rings (SSSR count). The van der Waals surface area contributed by atoms with E-state index in [0.717, 1.165) is 21.5 Å². The van der Waals surface area contributed by atoms with Crippen LogP contribution in [-0.2, 0) is 17.9 Å². The van der Waals surface area contributed by atoms with E-state index in [-0.39, 0.29) is 17.4 Å². The molecule has 0 atom stereocenters. The van der Waals surface area contributed by atoms with E-state index < -0.39 is 0 Å². The number of hydrogen-bond acceptors (Lipinski definition) is 5. The van der Waals surface area contributed by atoms with E-state index in [1.54, 1.807) is 11.3 Å². The summed E-state index contributed by atoms with van der Waals surface area (Å²) in [7, 11) is 0. The van der Waals surface area contributed by atoms with Crippen molar-refractivity contribution in [2.45, 2.75) is 32.9 Å². The first-order valence-corrected chi connectivity index (χ1v) is 12.6. The number of para-hydroxylation sites is 2. The number of carbonyl (C=O) groups is 1. The van der Waals surface area contributed by atoms with Gasteiger partial charge in [0.25, 0.3) is 5.56 Å². The van der Waals surface area contributed by atoms with E-state index in [1.165, 1.54) is 5.56 Å². The maximum absolute atomic E-state index is 13.6. The molecule has 7 heteroatoms. The van der Waals surface area contributed by atoms with Crippen LogP contribution in [0.5, 0.6) is 0 Å². The number of amides is 1. The van der Waals surface area contributed by atoms with Gasteiger partial charge in [-0.15, -0.1) is 11.3 Å². The van der Waals surface area contributed by atoms with Gasteiger partial charge in [0.2, 0.25) is 5.91 Å². The van der Waals surface area contributed by atoms with Gasteiger partial charge in [0.05, 0.1) is 24.1 Å². The van der Waals surface area contributed by atoms with Crippen LogP contribution in [0.2, 0.25) is 0 Å². The molecule has 3 heterocycles. The quantitative estimate of drug-likeness (QED) is 0.453. The smallest absolute Gasteiger partial charge is 0.294 e. The number of hydrogen-bond donors (Lipinski definition) is 1. The second-order valence-corrected chi connectivity index (χ2v) is 9.89. The summed E-state index contributed by atoms with van der Waals surface area (Å²) in [5.41, 5.74) is 3.83. The number of rotatable bonds is 6. The summed E-state index contributed by atoms with van der Waals surface area (Å²) in [6, 6.07) is 20.1. The molecule has 0 spiro atoms. The molecule has 1 amide bonds. The van der Waals surface area contributed by atoms with Gasteiger partial charge >= 0.3 is 0 Å². The molecular formula is C27H28N4O2S. The molecule has 1 fully saturated rings. The second-order valence-electron chi connectivity index (χ2n) is 8.86. The molecule has 0 radical (unpaired) electrons. The monoisotopic (exact) mass is 472 g/mol. The molecule has 1 aliphatic heterocycles. The minimum atomic E-state index is -0.0835. The first-order chi connectivity index (χ1) is 16.6. The molecule has 6 nitrogen and oxygen atoms in total. The molecule has 1 aliphatic rings. The predicted molar refractivity (Wildman–Crippen MR) is 137 cm³/mol. The average molecular weight is 473 g/mol. The number of fused-ring (bicyclic) bond motifs is 1. The zero-order chi connectivity index (χ0) is 23.5. The van der Waals surface area contributed by atoms with Gasteiger partial charge in [-0.3, -0.25) is 14.2 Å². The lowest BCUT2D eigenvalue weighted by Gasteiger charge is -2.32. The van der Waals surface area contributed by atoms with Crippen LogP contribution in [0, 0.1) is 12.8 Å². The highest BCUT2D eigenvalue weighted by atomic mass is 32.1. The molecule has 34 heavy (non-hydrogen) atoms. The number of aryl methyl sites for hydroxylation is 1. The number of anilines is 1. The summed E-state index contributed by atoms with van der Waals surface area (Å²) < 4.78 is 1.82. The first-order valence-electron chi connectivity index (χ1n) is 11.7. The Morgan fingerprint density at radius 2 is 1.82 bits per heavy atom. The molecular weight excluding hydrogens is 444 g/mol. The van der Waals surface area contributed by atoms with Crippen LogP contribution in [-0.4, -0.2) is 28.5 Å². The van der Waals surface area contributed by atoms with Gasteiger partial charge < -0.3 is 10.2 Å². The Morgan fingerprint density at radius 3 is 2.56 bits per heavy atom. The zero-order valence-corrected chi connectivity index (χ0v) is 20.1. The summed E-state index contributed by atoms with van der Waals surface area (Å²) in [5.74, 6) is 0.533. The fourth-order valence-corrected chi connectivity index (χ4v) is 5.15. The molecule has 0 unspecified atom stereocenters. The standard InChI is InChI=1S/C27H28N4O2S/c1-19-8-10-20(11-9-19)18-31-24-7-3-2-6-23(24)29-25(27(31)33)30-14-12-21(13-15-30)26(32)28-17-22-5-4-16-34-22/h2-11,16,21H,12-15,17-18H2,1H3,(H,28,32). The molecule has 2 aromatic heterocycles. The normalized spacial score (nSPS) is 14.4. The summed E-state index contributed by atoms with van der Waals surface area (Å²) in [4.78, 5) is 34.2. The number of piperidine rings is 1. The van der Waals surface area contributed by atoms with E-state index >= 15 is 0 Å². The topological polar surface area (TPSA) is 67.2 Å². The van der Waals surface area contributed by atoms with Crippen molar-refractivity contribution in [2.24, 2.45) is 5.92 Å². The van der Waals surface area contributed by atoms with Crippen LogP contribution in [0.4, 0.5) is 5.82 Å². The molecule has 4 aromatic rings. The zero-order valence-electron chi connectivity index (χ0n) is 19.2. The molecule has 0 saturated carbocycles. The van der Waals surface area contributed by atoms with Crippen LogP contribution < -0.4 is 15.8 Å². The minimum absolute atomic E-state index is 0.0357. The van der Waals surface area contributed by atoms with E-state index in [2.05, 4.69) is 36.5 Å². The van der Waals surface area contributed by atoms with E-state index in [9.17, 15) is 9.59 Å². The van der Waals surface area contributed by atoms with Gasteiger partial charge in [0.1, 0.15) is 0 Å². The number of thiophene rings is 1. The van der Waals surface area contributed by atoms with Gasteiger partial charge in [0.15, 0.2) is 5.82 Å². The highest BCUT2D eigenvalue weighted by Crippen LogP contribution is 2.23. The predicted octanol–water partition coefficient (Wildman–Crippen LogP) is 4.35. The Bertz CT molecular complexity index is 1340.